The molecule has 0 spiro atoms. The highest BCUT2D eigenvalue weighted by Gasteiger charge is 2.25. The fourth-order valence-electron chi connectivity index (χ4n) is 1.44. The van der Waals surface area contributed by atoms with Crippen LogP contribution in [0.1, 0.15) is 6.92 Å². The molecule has 1 unspecified atom stereocenters. The number of allylic oxidation sites excluding steroid dienone is 1. The SMILES string of the molecule is C/C(N)=C/C1=NC(C(F)F)CN(C)C1. The predicted octanol–water partition coefficient (Wildman–Crippen LogP) is 0.869. The summed E-state index contributed by atoms with van der Waals surface area (Å²) in [7, 11) is 1.80. The van der Waals surface area contributed by atoms with E-state index >= 15 is 0 Å². The Labute approximate surface area is 82.3 Å². The van der Waals surface area contributed by atoms with E-state index in [4.69, 9.17) is 5.73 Å². The Morgan fingerprint density at radius 3 is 2.86 bits per heavy atom. The second-order valence-corrected chi connectivity index (χ2v) is 3.61. The Morgan fingerprint density at radius 1 is 1.71 bits per heavy atom. The van der Waals surface area contributed by atoms with Crippen LogP contribution < -0.4 is 5.73 Å². The number of halogens is 2. The van der Waals surface area contributed by atoms with Gasteiger partial charge >= 0.3 is 0 Å². The number of aliphatic imine (C=N–C) groups is 1. The van der Waals surface area contributed by atoms with Crippen molar-refractivity contribution in [1.82, 2.24) is 4.90 Å². The van der Waals surface area contributed by atoms with Gasteiger partial charge in [-0.05, 0) is 20.0 Å². The average molecular weight is 203 g/mol. The standard InChI is InChI=1S/C9H15F2N3/c1-6(12)3-7-4-14(2)5-8(13-7)9(10)11/h3,8-9H,4-5,12H2,1-2H3/b6-3-. The van der Waals surface area contributed by atoms with Crippen molar-refractivity contribution < 1.29 is 8.78 Å². The van der Waals surface area contributed by atoms with Gasteiger partial charge in [0.25, 0.3) is 6.43 Å². The van der Waals surface area contributed by atoms with Crippen molar-refractivity contribution in [3.8, 4) is 0 Å². The van der Waals surface area contributed by atoms with Gasteiger partial charge in [0.2, 0.25) is 0 Å². The van der Waals surface area contributed by atoms with E-state index in [1.54, 1.807) is 20.0 Å². The van der Waals surface area contributed by atoms with Crippen LogP contribution in [0.25, 0.3) is 0 Å². The monoisotopic (exact) mass is 203 g/mol. The molecule has 0 saturated heterocycles. The van der Waals surface area contributed by atoms with Crippen LogP contribution in [-0.2, 0) is 0 Å². The van der Waals surface area contributed by atoms with Gasteiger partial charge in [0.05, 0.1) is 5.71 Å². The van der Waals surface area contributed by atoms with Gasteiger partial charge in [0.1, 0.15) is 6.04 Å². The number of nitrogens with zero attached hydrogens (tertiary/aromatic N) is 2. The van der Waals surface area contributed by atoms with Crippen molar-refractivity contribution in [2.75, 3.05) is 20.1 Å². The van der Waals surface area contributed by atoms with E-state index in [2.05, 4.69) is 4.99 Å². The molecule has 0 aromatic heterocycles. The van der Waals surface area contributed by atoms with E-state index in [1.165, 1.54) is 0 Å². The highest BCUT2D eigenvalue weighted by molar-refractivity contribution is 5.97. The van der Waals surface area contributed by atoms with Crippen LogP contribution in [0.3, 0.4) is 0 Å². The molecule has 1 heterocycles. The number of nitrogens with two attached hydrogens (primary N) is 1. The van der Waals surface area contributed by atoms with Crippen LogP contribution in [-0.4, -0.2) is 43.2 Å². The summed E-state index contributed by atoms with van der Waals surface area (Å²) in [6, 6.07) is -0.917. The third kappa shape index (κ3) is 3.06. The molecule has 80 valence electrons. The fourth-order valence-corrected chi connectivity index (χ4v) is 1.44. The molecule has 0 radical (unpaired) electrons. The molecule has 0 aromatic rings. The number of likely N-dealkylation sites (N-methyl/N-ethyl adjacent to an activating group) is 1. The van der Waals surface area contributed by atoms with Crippen LogP contribution in [0.5, 0.6) is 0 Å². The molecular weight excluding hydrogens is 188 g/mol. The van der Waals surface area contributed by atoms with Gasteiger partial charge in [0.15, 0.2) is 0 Å². The summed E-state index contributed by atoms with van der Waals surface area (Å²) in [5.74, 6) is 0. The number of hydrogen-bond acceptors (Lipinski definition) is 3. The summed E-state index contributed by atoms with van der Waals surface area (Å²) in [5, 5.41) is 0. The van der Waals surface area contributed by atoms with E-state index in [0.717, 1.165) is 0 Å². The maximum Gasteiger partial charge on any atom is 0.261 e. The van der Waals surface area contributed by atoms with Gasteiger partial charge in [0, 0.05) is 18.8 Å². The van der Waals surface area contributed by atoms with Crippen LogP contribution >= 0.6 is 0 Å². The Morgan fingerprint density at radius 2 is 2.36 bits per heavy atom. The predicted molar refractivity (Wildman–Crippen MR) is 52.7 cm³/mol. The van der Waals surface area contributed by atoms with E-state index in [9.17, 15) is 8.78 Å². The van der Waals surface area contributed by atoms with Gasteiger partial charge in [-0.1, -0.05) is 0 Å². The van der Waals surface area contributed by atoms with Crippen LogP contribution in [0.15, 0.2) is 16.8 Å². The molecular formula is C9H15F2N3. The third-order valence-corrected chi connectivity index (χ3v) is 1.95. The molecule has 0 bridgehead atoms. The molecule has 0 amide bonds. The lowest BCUT2D eigenvalue weighted by Gasteiger charge is -2.26. The Bertz CT molecular complexity index is 257. The minimum atomic E-state index is -2.40. The van der Waals surface area contributed by atoms with Gasteiger partial charge in [-0.25, -0.2) is 8.78 Å². The third-order valence-electron chi connectivity index (χ3n) is 1.95. The molecule has 0 aromatic carbocycles. The first-order valence-corrected chi connectivity index (χ1v) is 4.46. The lowest BCUT2D eigenvalue weighted by molar-refractivity contribution is 0.0977. The van der Waals surface area contributed by atoms with Crippen molar-refractivity contribution in [1.29, 1.82) is 0 Å². The molecule has 3 nitrogen and oxygen atoms in total. The maximum absolute atomic E-state index is 12.4. The van der Waals surface area contributed by atoms with Crippen molar-refractivity contribution in [3.05, 3.63) is 11.8 Å². The second kappa shape index (κ2) is 4.50. The summed E-state index contributed by atoms with van der Waals surface area (Å²) in [6.07, 6.45) is -0.760. The molecule has 0 aliphatic carbocycles. The molecule has 14 heavy (non-hydrogen) atoms. The lowest BCUT2D eigenvalue weighted by Crippen LogP contribution is -2.41. The molecule has 0 saturated carbocycles. The smallest absolute Gasteiger partial charge is 0.261 e. The number of rotatable bonds is 2. The average Bonchev–Trinajstić information content (AvgIpc) is 2.01. The highest BCUT2D eigenvalue weighted by Crippen LogP contribution is 2.12. The number of alkyl halides is 2. The fraction of sp³-hybridized carbons (Fsp3) is 0.667. The van der Waals surface area contributed by atoms with Crippen molar-refractivity contribution in [2.24, 2.45) is 10.7 Å². The normalized spacial score (nSPS) is 25.4. The van der Waals surface area contributed by atoms with Crippen LogP contribution in [0.2, 0.25) is 0 Å². The quantitative estimate of drug-likeness (QED) is 0.723. The zero-order chi connectivity index (χ0) is 10.7. The molecule has 1 rings (SSSR count). The van der Waals surface area contributed by atoms with Gasteiger partial charge in [-0.2, -0.15) is 0 Å². The van der Waals surface area contributed by atoms with Crippen LogP contribution in [0, 0.1) is 0 Å². The zero-order valence-electron chi connectivity index (χ0n) is 8.37. The number of hydrogen-bond donors (Lipinski definition) is 1. The van der Waals surface area contributed by atoms with Gasteiger partial charge < -0.3 is 5.73 Å². The van der Waals surface area contributed by atoms with Crippen LogP contribution in [0.4, 0.5) is 8.78 Å². The Balaban J connectivity index is 2.79. The summed E-state index contributed by atoms with van der Waals surface area (Å²) >= 11 is 0. The van der Waals surface area contributed by atoms with E-state index < -0.39 is 12.5 Å². The topological polar surface area (TPSA) is 41.6 Å². The van der Waals surface area contributed by atoms with Gasteiger partial charge in [-0.3, -0.25) is 9.89 Å². The first kappa shape index (κ1) is 11.1. The zero-order valence-corrected chi connectivity index (χ0v) is 8.37. The van der Waals surface area contributed by atoms with Gasteiger partial charge in [-0.15, -0.1) is 0 Å². The summed E-state index contributed by atoms with van der Waals surface area (Å²) in [4.78, 5) is 5.76. The molecule has 1 aliphatic heterocycles. The molecule has 1 atom stereocenters. The van der Waals surface area contributed by atoms with Crippen molar-refractivity contribution >= 4 is 5.71 Å². The maximum atomic E-state index is 12.4. The first-order chi connectivity index (χ1) is 6.49. The Kier molecular flexibility index (Phi) is 3.57. The van der Waals surface area contributed by atoms with Crippen molar-refractivity contribution in [2.45, 2.75) is 19.4 Å². The first-order valence-electron chi connectivity index (χ1n) is 4.46. The molecule has 1 aliphatic rings. The summed E-state index contributed by atoms with van der Waals surface area (Å²) in [5.41, 5.74) is 6.68. The second-order valence-electron chi connectivity index (χ2n) is 3.61. The molecule has 0 fully saturated rings. The van der Waals surface area contributed by atoms with E-state index in [1.807, 2.05) is 4.90 Å². The minimum absolute atomic E-state index is 0.304. The summed E-state index contributed by atoms with van der Waals surface area (Å²) < 4.78 is 24.8. The largest absolute Gasteiger partial charge is 0.402 e. The molecule has 2 N–H and O–H groups in total. The Hall–Kier alpha value is -0.970. The minimum Gasteiger partial charge on any atom is -0.402 e. The molecule has 5 heteroatoms. The van der Waals surface area contributed by atoms with E-state index in [0.29, 0.717) is 24.5 Å². The van der Waals surface area contributed by atoms with Crippen molar-refractivity contribution in [3.63, 3.8) is 0 Å². The summed E-state index contributed by atoms with van der Waals surface area (Å²) in [6.45, 7) is 2.60. The lowest BCUT2D eigenvalue weighted by atomic mass is 10.2. The van der Waals surface area contributed by atoms with E-state index in [-0.39, 0.29) is 0 Å². The highest BCUT2D eigenvalue weighted by atomic mass is 19.3.